The normalized spacial score (nSPS) is 12.9. The van der Waals surface area contributed by atoms with Gasteiger partial charge in [0.15, 0.2) is 11.6 Å². The summed E-state index contributed by atoms with van der Waals surface area (Å²) in [7, 11) is 1.97. The highest BCUT2D eigenvalue weighted by molar-refractivity contribution is 6.30. The largest absolute Gasteiger partial charge is 0.487 e. The molecule has 3 heterocycles. The molecular formula is C23H24ClFN4O2. The smallest absolute Gasteiger partial charge is 0.170 e. The Morgan fingerprint density at radius 1 is 1.19 bits per heavy atom. The highest BCUT2D eigenvalue weighted by Crippen LogP contribution is 2.40. The Morgan fingerprint density at radius 2 is 2.06 bits per heavy atom. The molecule has 0 amide bonds. The number of fused-ring (bicyclic) bond motifs is 1. The monoisotopic (exact) mass is 442 g/mol. The number of nitrogens with zero attached hydrogens (tertiary/aromatic N) is 3. The number of aliphatic hydroxyl groups is 1. The predicted octanol–water partition coefficient (Wildman–Crippen LogP) is 3.87. The molecule has 3 aromatic rings. The van der Waals surface area contributed by atoms with Gasteiger partial charge in [0.2, 0.25) is 0 Å². The van der Waals surface area contributed by atoms with E-state index in [1.54, 1.807) is 12.3 Å². The molecule has 1 aliphatic heterocycles. The van der Waals surface area contributed by atoms with Gasteiger partial charge in [0, 0.05) is 47.2 Å². The van der Waals surface area contributed by atoms with Crippen LogP contribution in [-0.4, -0.2) is 59.9 Å². The van der Waals surface area contributed by atoms with Crippen molar-refractivity contribution in [1.29, 1.82) is 0 Å². The predicted molar refractivity (Wildman–Crippen MR) is 120 cm³/mol. The minimum Gasteiger partial charge on any atom is -0.487 e. The van der Waals surface area contributed by atoms with Gasteiger partial charge in [0.25, 0.3) is 0 Å². The third-order valence-corrected chi connectivity index (χ3v) is 5.42. The van der Waals surface area contributed by atoms with Crippen molar-refractivity contribution in [2.24, 2.45) is 0 Å². The molecule has 31 heavy (non-hydrogen) atoms. The van der Waals surface area contributed by atoms with E-state index in [9.17, 15) is 4.39 Å². The molecule has 0 radical (unpaired) electrons. The summed E-state index contributed by atoms with van der Waals surface area (Å²) in [5.74, 6) is 0.818. The fourth-order valence-electron chi connectivity index (χ4n) is 3.54. The maximum Gasteiger partial charge on any atom is 0.170 e. The number of anilines is 1. The first-order valence-electron chi connectivity index (χ1n) is 10.2. The molecule has 0 bridgehead atoms. The number of pyridine rings is 2. The fraction of sp³-hybridized carbons (Fsp3) is 0.304. The van der Waals surface area contributed by atoms with Crippen LogP contribution in [0.25, 0.3) is 22.4 Å². The fourth-order valence-corrected chi connectivity index (χ4v) is 3.71. The number of benzene rings is 1. The van der Waals surface area contributed by atoms with Crippen molar-refractivity contribution in [3.05, 3.63) is 59.1 Å². The summed E-state index contributed by atoms with van der Waals surface area (Å²) in [6, 6.07) is 8.31. The van der Waals surface area contributed by atoms with Crippen LogP contribution in [0.15, 0.2) is 42.7 Å². The van der Waals surface area contributed by atoms with Crippen molar-refractivity contribution in [2.45, 2.75) is 6.42 Å². The van der Waals surface area contributed by atoms with Gasteiger partial charge < -0.3 is 20.1 Å². The molecule has 0 saturated carbocycles. The number of ether oxygens (including phenoxy) is 1. The number of rotatable bonds is 7. The minimum atomic E-state index is -0.390. The van der Waals surface area contributed by atoms with Crippen molar-refractivity contribution in [3.8, 4) is 28.1 Å². The summed E-state index contributed by atoms with van der Waals surface area (Å²) in [6.07, 6.45) is 4.40. The summed E-state index contributed by atoms with van der Waals surface area (Å²) < 4.78 is 20.5. The quantitative estimate of drug-likeness (QED) is 0.578. The number of nitrogens with one attached hydrogen (secondary N) is 1. The number of hydrogen-bond donors (Lipinski definition) is 2. The zero-order valence-electron chi connectivity index (χ0n) is 17.2. The van der Waals surface area contributed by atoms with E-state index in [4.69, 9.17) is 21.4 Å². The zero-order valence-corrected chi connectivity index (χ0v) is 18.0. The SMILES string of the molecule is CN(CCO)CCc1cncc(-c2cc(-c3cc(Cl)ccc3F)nc3c2OCCN3)c1. The van der Waals surface area contributed by atoms with Gasteiger partial charge in [0.05, 0.1) is 18.8 Å². The van der Waals surface area contributed by atoms with E-state index in [0.717, 1.165) is 29.7 Å². The molecule has 6 nitrogen and oxygen atoms in total. The van der Waals surface area contributed by atoms with Crippen LogP contribution in [0.5, 0.6) is 5.75 Å². The summed E-state index contributed by atoms with van der Waals surface area (Å²) >= 11 is 6.11. The van der Waals surface area contributed by atoms with Gasteiger partial charge in [-0.2, -0.15) is 0 Å². The lowest BCUT2D eigenvalue weighted by atomic mass is 10.0. The molecule has 4 rings (SSSR count). The standard InChI is InChI=1S/C23H24ClFN4O2/c1-29(7-8-30)6-4-15-10-16(14-26-13-15)18-12-21(19-11-17(24)2-3-20(19)25)28-23-22(18)31-9-5-27-23/h2-3,10-14,30H,4-9H2,1H3,(H,27,28). The van der Waals surface area contributed by atoms with Crippen LogP contribution in [0.3, 0.4) is 0 Å². The molecule has 0 aliphatic carbocycles. The van der Waals surface area contributed by atoms with Gasteiger partial charge in [-0.3, -0.25) is 4.98 Å². The molecule has 2 N–H and O–H groups in total. The lowest BCUT2D eigenvalue weighted by Crippen LogP contribution is -2.24. The molecule has 0 spiro atoms. The van der Waals surface area contributed by atoms with Crippen LogP contribution in [0.1, 0.15) is 5.56 Å². The number of hydrogen-bond acceptors (Lipinski definition) is 6. The molecule has 1 aliphatic rings. The molecule has 162 valence electrons. The number of aliphatic hydroxyl groups excluding tert-OH is 1. The van der Waals surface area contributed by atoms with E-state index < -0.39 is 5.82 Å². The Morgan fingerprint density at radius 3 is 2.90 bits per heavy atom. The Kier molecular flexibility index (Phi) is 6.65. The van der Waals surface area contributed by atoms with Crippen LogP contribution < -0.4 is 10.1 Å². The second-order valence-corrected chi connectivity index (χ2v) is 7.93. The highest BCUT2D eigenvalue weighted by Gasteiger charge is 2.21. The molecule has 0 saturated heterocycles. The highest BCUT2D eigenvalue weighted by atomic mass is 35.5. The lowest BCUT2D eigenvalue weighted by Gasteiger charge is -2.22. The Bertz CT molecular complexity index is 1080. The summed E-state index contributed by atoms with van der Waals surface area (Å²) in [5.41, 5.74) is 3.53. The maximum absolute atomic E-state index is 14.5. The van der Waals surface area contributed by atoms with E-state index in [-0.39, 0.29) is 6.61 Å². The number of aromatic nitrogens is 2. The van der Waals surface area contributed by atoms with E-state index in [0.29, 0.717) is 47.5 Å². The van der Waals surface area contributed by atoms with Crippen LogP contribution >= 0.6 is 11.6 Å². The molecule has 1 aromatic carbocycles. The van der Waals surface area contributed by atoms with Crippen LogP contribution in [-0.2, 0) is 6.42 Å². The van der Waals surface area contributed by atoms with E-state index in [2.05, 4.69) is 26.3 Å². The summed E-state index contributed by atoms with van der Waals surface area (Å²) in [6.45, 7) is 2.70. The average molecular weight is 443 g/mol. The van der Waals surface area contributed by atoms with Crippen LogP contribution in [0.2, 0.25) is 5.02 Å². The van der Waals surface area contributed by atoms with Crippen LogP contribution in [0, 0.1) is 5.82 Å². The van der Waals surface area contributed by atoms with Gasteiger partial charge in [-0.25, -0.2) is 9.37 Å². The third-order valence-electron chi connectivity index (χ3n) is 5.19. The molecule has 8 heteroatoms. The Labute approximate surface area is 185 Å². The molecule has 2 aromatic heterocycles. The van der Waals surface area contributed by atoms with Crippen molar-refractivity contribution < 1.29 is 14.2 Å². The van der Waals surface area contributed by atoms with E-state index in [1.807, 2.05) is 19.3 Å². The summed E-state index contributed by atoms with van der Waals surface area (Å²) in [4.78, 5) is 11.1. The van der Waals surface area contributed by atoms with Gasteiger partial charge in [-0.15, -0.1) is 0 Å². The summed E-state index contributed by atoms with van der Waals surface area (Å²) in [5, 5.41) is 12.8. The first kappa shape index (κ1) is 21.5. The van der Waals surface area contributed by atoms with Gasteiger partial charge in [-0.05, 0) is 49.4 Å². The maximum atomic E-state index is 14.5. The first-order valence-corrected chi connectivity index (χ1v) is 10.5. The Hall–Kier alpha value is -2.74. The number of likely N-dealkylation sites (N-methyl/N-ethyl adjacent to an activating group) is 1. The number of halogens is 2. The third kappa shape index (κ3) is 4.95. The average Bonchev–Trinajstić information content (AvgIpc) is 2.79. The van der Waals surface area contributed by atoms with E-state index >= 15 is 0 Å². The van der Waals surface area contributed by atoms with Crippen molar-refractivity contribution in [3.63, 3.8) is 0 Å². The molecule has 0 fully saturated rings. The van der Waals surface area contributed by atoms with E-state index in [1.165, 1.54) is 12.1 Å². The first-order chi connectivity index (χ1) is 15.0. The van der Waals surface area contributed by atoms with Crippen molar-refractivity contribution in [2.75, 3.05) is 45.2 Å². The van der Waals surface area contributed by atoms with Crippen LogP contribution in [0.4, 0.5) is 10.2 Å². The van der Waals surface area contributed by atoms with Gasteiger partial charge in [-0.1, -0.05) is 11.6 Å². The second-order valence-electron chi connectivity index (χ2n) is 7.49. The van der Waals surface area contributed by atoms with Crippen molar-refractivity contribution >= 4 is 17.4 Å². The second kappa shape index (κ2) is 9.60. The lowest BCUT2D eigenvalue weighted by molar-refractivity contribution is 0.223. The topological polar surface area (TPSA) is 70.5 Å². The zero-order chi connectivity index (χ0) is 21.8. The molecular weight excluding hydrogens is 419 g/mol. The van der Waals surface area contributed by atoms with Gasteiger partial charge >= 0.3 is 0 Å². The molecule has 0 atom stereocenters. The van der Waals surface area contributed by atoms with Crippen molar-refractivity contribution in [1.82, 2.24) is 14.9 Å². The Balaban J connectivity index is 1.74. The van der Waals surface area contributed by atoms with Gasteiger partial charge in [0.1, 0.15) is 12.4 Å². The molecule has 0 unspecified atom stereocenters. The minimum absolute atomic E-state index is 0.130.